The average molecular weight is 583 g/mol. The third-order valence-electron chi connectivity index (χ3n) is 6.89. The van der Waals surface area contributed by atoms with Crippen LogP contribution in [0.15, 0.2) is 48.1 Å². The molecule has 3 aliphatic rings. The van der Waals surface area contributed by atoms with E-state index < -0.39 is 0 Å². The number of ketones is 1. The Balaban J connectivity index is 0.000000491. The van der Waals surface area contributed by atoms with Crippen molar-refractivity contribution in [2.24, 2.45) is 5.92 Å². The first-order valence-electron chi connectivity index (χ1n) is 13.3. The van der Waals surface area contributed by atoms with Gasteiger partial charge in [-0.25, -0.2) is 0 Å². The lowest BCUT2D eigenvalue weighted by Crippen LogP contribution is -3.15. The molecule has 0 spiro atoms. The molecule has 2 fully saturated rings. The van der Waals surface area contributed by atoms with Gasteiger partial charge >= 0.3 is 5.97 Å². The molecule has 0 saturated carbocycles. The minimum atomic E-state index is -0.212. The van der Waals surface area contributed by atoms with E-state index in [9.17, 15) is 9.59 Å². The molecule has 3 atom stereocenters. The van der Waals surface area contributed by atoms with Crippen LogP contribution in [0, 0.1) is 5.92 Å². The number of allylic oxidation sites excluding steroid dienone is 3. The molecule has 4 rings (SSSR count). The quantitative estimate of drug-likeness (QED) is 0.361. The molecule has 2 aliphatic heterocycles. The van der Waals surface area contributed by atoms with Crippen molar-refractivity contribution in [1.29, 1.82) is 0 Å². The van der Waals surface area contributed by atoms with E-state index in [2.05, 4.69) is 34.2 Å². The molecule has 1 aromatic carbocycles. The molecular weight excluding hydrogens is 540 g/mol. The van der Waals surface area contributed by atoms with E-state index in [0.717, 1.165) is 43.4 Å². The molecule has 36 heavy (non-hydrogen) atoms. The summed E-state index contributed by atoms with van der Waals surface area (Å²) in [4.78, 5) is 26.2. The lowest BCUT2D eigenvalue weighted by molar-refractivity contribution is -0.901. The van der Waals surface area contributed by atoms with Gasteiger partial charge in [-0.05, 0) is 68.7 Å². The van der Waals surface area contributed by atoms with Crippen molar-refractivity contribution >= 4 is 39.3 Å². The first-order chi connectivity index (χ1) is 17.5. The van der Waals surface area contributed by atoms with Gasteiger partial charge < -0.3 is 15.0 Å². The number of carbonyl (C=O) groups is 2. The predicted octanol–water partition coefficient (Wildman–Crippen LogP) is 4.73. The number of benzene rings is 1. The van der Waals surface area contributed by atoms with Crippen LogP contribution in [-0.4, -0.2) is 56.4 Å². The number of quaternary nitrogens is 1. The van der Waals surface area contributed by atoms with E-state index in [1.165, 1.54) is 37.3 Å². The molecule has 0 amide bonds. The normalized spacial score (nSPS) is 23.2. The largest absolute Gasteiger partial charge is 0.456 e. The number of hydrogen-bond donors (Lipinski definition) is 2. The third-order valence-corrected chi connectivity index (χ3v) is 7.14. The fraction of sp³-hybridized carbons (Fsp3) is 0.586. The zero-order chi connectivity index (χ0) is 26.2. The molecule has 2 saturated heterocycles. The maximum atomic E-state index is 12.6. The van der Waals surface area contributed by atoms with Crippen molar-refractivity contribution in [2.45, 2.75) is 64.4 Å². The van der Waals surface area contributed by atoms with Crippen molar-refractivity contribution in [3.63, 3.8) is 0 Å². The predicted molar refractivity (Wildman–Crippen MR) is 152 cm³/mol. The van der Waals surface area contributed by atoms with Crippen LogP contribution >= 0.6 is 27.5 Å². The Morgan fingerprint density at radius 2 is 1.83 bits per heavy atom. The van der Waals surface area contributed by atoms with Gasteiger partial charge in [0.2, 0.25) is 5.78 Å². The van der Waals surface area contributed by atoms with Crippen LogP contribution in [0.4, 0.5) is 0 Å². The lowest BCUT2D eigenvalue weighted by atomic mass is 9.91. The van der Waals surface area contributed by atoms with E-state index in [0.29, 0.717) is 24.0 Å². The van der Waals surface area contributed by atoms with Gasteiger partial charge in [-0.1, -0.05) is 71.2 Å². The van der Waals surface area contributed by atoms with Gasteiger partial charge in [0.15, 0.2) is 6.10 Å². The Bertz CT molecular complexity index is 841. The number of esters is 1. The summed E-state index contributed by atoms with van der Waals surface area (Å²) in [6, 6.07) is 7.27. The van der Waals surface area contributed by atoms with Crippen molar-refractivity contribution in [3.8, 4) is 0 Å². The second-order valence-electron chi connectivity index (χ2n) is 9.54. The van der Waals surface area contributed by atoms with Gasteiger partial charge in [0.05, 0.1) is 13.0 Å². The summed E-state index contributed by atoms with van der Waals surface area (Å²) >= 11 is 8.84. The molecule has 0 bridgehead atoms. The van der Waals surface area contributed by atoms with E-state index in [1.807, 2.05) is 30.1 Å². The fourth-order valence-electron chi connectivity index (χ4n) is 4.82. The summed E-state index contributed by atoms with van der Waals surface area (Å²) in [5, 5.41) is 3.94. The van der Waals surface area contributed by atoms with E-state index in [4.69, 9.17) is 16.3 Å². The van der Waals surface area contributed by atoms with Crippen molar-refractivity contribution in [3.05, 3.63) is 58.7 Å². The second kappa shape index (κ2) is 17.9. The van der Waals surface area contributed by atoms with Gasteiger partial charge in [0.1, 0.15) is 13.1 Å². The highest BCUT2D eigenvalue weighted by atomic mass is 79.9. The Morgan fingerprint density at radius 1 is 1.11 bits per heavy atom. The third kappa shape index (κ3) is 11.3. The summed E-state index contributed by atoms with van der Waals surface area (Å²) in [5.41, 5.74) is 1.72. The zero-order valence-electron chi connectivity index (χ0n) is 21.9. The number of alkyl halides is 1. The molecule has 2 heterocycles. The number of hydrogen-bond acceptors (Lipinski definition) is 4. The number of rotatable bonds is 7. The summed E-state index contributed by atoms with van der Waals surface area (Å²) in [7, 11) is 0. The standard InChI is InChI=1S/C23H28ClNO3.C5H11N.CH3Br/c1-2-18-12-13-25(15-21(26)19-6-4-3-5-7-19)16-22(18)28-23(27)14-17-8-10-20(24)11-9-17;1-2-4-6-5-3-1;1-2/h4,6-11,18,22H,2-3,5,12-16H2,1H3;6H,1-5H2;1H3/p+1/t18?,22-;;/m0../s1. The smallest absolute Gasteiger partial charge is 0.310 e. The van der Waals surface area contributed by atoms with Crippen molar-refractivity contribution in [1.82, 2.24) is 5.32 Å². The van der Waals surface area contributed by atoms with Gasteiger partial charge in [0.25, 0.3) is 0 Å². The Morgan fingerprint density at radius 3 is 2.39 bits per heavy atom. The summed E-state index contributed by atoms with van der Waals surface area (Å²) in [6.07, 6.45) is 14.3. The minimum absolute atomic E-state index is 0.128. The van der Waals surface area contributed by atoms with Crippen molar-refractivity contribution < 1.29 is 19.2 Å². The summed E-state index contributed by atoms with van der Waals surface area (Å²) < 4.78 is 5.85. The maximum Gasteiger partial charge on any atom is 0.310 e. The van der Waals surface area contributed by atoms with Crippen LogP contribution in [0.3, 0.4) is 0 Å². The van der Waals surface area contributed by atoms with Crippen LogP contribution in [0.2, 0.25) is 5.02 Å². The van der Waals surface area contributed by atoms with Gasteiger partial charge in [0, 0.05) is 22.9 Å². The monoisotopic (exact) mass is 581 g/mol. The van der Waals surface area contributed by atoms with E-state index in [-0.39, 0.29) is 24.3 Å². The van der Waals surface area contributed by atoms with Crippen LogP contribution < -0.4 is 10.2 Å². The molecule has 1 aromatic rings. The number of Topliss-reactive ketones (excluding diaryl/α,β-unsaturated/α-hetero) is 1. The van der Waals surface area contributed by atoms with Crippen molar-refractivity contribution in [2.75, 3.05) is 38.6 Å². The molecule has 200 valence electrons. The van der Waals surface area contributed by atoms with Crippen LogP contribution in [0.25, 0.3) is 0 Å². The highest BCUT2D eigenvalue weighted by Crippen LogP contribution is 2.19. The number of halogens is 2. The van der Waals surface area contributed by atoms with E-state index >= 15 is 0 Å². The molecule has 5 nitrogen and oxygen atoms in total. The Hall–Kier alpha value is -1.47. The number of likely N-dealkylation sites (tertiary alicyclic amines) is 1. The van der Waals surface area contributed by atoms with Gasteiger partial charge in [-0.15, -0.1) is 0 Å². The summed E-state index contributed by atoms with van der Waals surface area (Å²) in [5.74, 6) is 2.15. The molecule has 7 heteroatoms. The molecule has 0 radical (unpaired) electrons. The fourth-order valence-corrected chi connectivity index (χ4v) is 4.95. The van der Waals surface area contributed by atoms with Crippen LogP contribution in [-0.2, 0) is 20.7 Å². The van der Waals surface area contributed by atoms with Crippen LogP contribution in [0.5, 0.6) is 0 Å². The second-order valence-corrected chi connectivity index (χ2v) is 9.98. The van der Waals surface area contributed by atoms with Crippen LogP contribution in [0.1, 0.15) is 57.4 Å². The zero-order valence-corrected chi connectivity index (χ0v) is 24.2. The van der Waals surface area contributed by atoms with E-state index in [1.54, 1.807) is 12.1 Å². The summed E-state index contributed by atoms with van der Waals surface area (Å²) in [6.45, 7) is 6.76. The molecule has 1 aliphatic carbocycles. The van der Waals surface area contributed by atoms with Gasteiger partial charge in [-0.3, -0.25) is 9.59 Å². The Kier molecular flexibility index (Phi) is 15.3. The SMILES string of the molecule is C1CCNCC1.CBr.CCC1CC[NH+](CC(=O)C2=CCCC=C2)C[C@@H]1OC(=O)Cc1ccc(Cl)cc1. The number of ether oxygens (including phenoxy) is 1. The first kappa shape index (κ1) is 30.8. The highest BCUT2D eigenvalue weighted by Gasteiger charge is 2.34. The Labute approximate surface area is 230 Å². The number of piperidine rings is 2. The minimum Gasteiger partial charge on any atom is -0.456 e. The average Bonchev–Trinajstić information content (AvgIpc) is 2.93. The molecule has 2 N–H and O–H groups in total. The molecule has 2 unspecified atom stereocenters. The highest BCUT2D eigenvalue weighted by molar-refractivity contribution is 9.08. The maximum absolute atomic E-state index is 12.6. The molecular formula is C29H43BrClN2O3+. The lowest BCUT2D eigenvalue weighted by Gasteiger charge is -2.35. The molecule has 0 aromatic heterocycles. The van der Waals surface area contributed by atoms with Gasteiger partial charge in [-0.2, -0.15) is 0 Å². The number of carbonyl (C=O) groups excluding carboxylic acids is 2. The first-order valence-corrected chi connectivity index (χ1v) is 15.3. The number of nitrogens with one attached hydrogen (secondary N) is 2. The topological polar surface area (TPSA) is 59.8 Å².